The van der Waals surface area contributed by atoms with E-state index in [4.69, 9.17) is 11.0 Å². The Labute approximate surface area is 144 Å². The standard InChI is InChI=1S/C17H16N4O2S/c18-9-10-24-15-8-4-3-7-14(15)21-16(22)11-20-13-6-2-1-5-12(13)17(19)23/h1-8,20H,10-11H2,(H2,19,23)(H,21,22). The molecule has 2 amide bonds. The monoisotopic (exact) mass is 340 g/mol. The smallest absolute Gasteiger partial charge is 0.250 e. The van der Waals surface area contributed by atoms with Crippen molar-refractivity contribution in [3.8, 4) is 6.07 Å². The molecule has 2 rings (SSSR count). The molecular weight excluding hydrogens is 324 g/mol. The zero-order valence-corrected chi connectivity index (χ0v) is 13.6. The molecule has 0 saturated heterocycles. The molecule has 0 radical (unpaired) electrons. The van der Waals surface area contributed by atoms with Crippen LogP contribution < -0.4 is 16.4 Å². The van der Waals surface area contributed by atoms with Crippen LogP contribution in [0.3, 0.4) is 0 Å². The van der Waals surface area contributed by atoms with Crippen molar-refractivity contribution in [1.82, 2.24) is 0 Å². The number of para-hydroxylation sites is 2. The highest BCUT2D eigenvalue weighted by atomic mass is 32.2. The van der Waals surface area contributed by atoms with Gasteiger partial charge in [-0.3, -0.25) is 9.59 Å². The van der Waals surface area contributed by atoms with Crippen LogP contribution in [-0.4, -0.2) is 24.1 Å². The Morgan fingerprint density at radius 1 is 1.08 bits per heavy atom. The molecule has 0 saturated carbocycles. The second kappa shape index (κ2) is 8.60. The zero-order chi connectivity index (χ0) is 17.4. The molecule has 0 atom stereocenters. The molecule has 0 aliphatic rings. The number of hydrogen-bond donors (Lipinski definition) is 3. The highest BCUT2D eigenvalue weighted by Gasteiger charge is 2.10. The number of amides is 2. The van der Waals surface area contributed by atoms with Crippen LogP contribution in [0.2, 0.25) is 0 Å². The average molecular weight is 340 g/mol. The second-order valence-corrected chi connectivity index (χ2v) is 5.77. The molecule has 4 N–H and O–H groups in total. The SMILES string of the molecule is N#CCSc1ccccc1NC(=O)CNc1ccccc1C(N)=O. The third-order valence-corrected chi connectivity index (χ3v) is 4.03. The summed E-state index contributed by atoms with van der Waals surface area (Å²) in [5, 5.41) is 14.4. The van der Waals surface area contributed by atoms with E-state index in [1.54, 1.807) is 30.3 Å². The van der Waals surface area contributed by atoms with E-state index in [-0.39, 0.29) is 12.5 Å². The minimum absolute atomic E-state index is 0.0124. The number of nitrogens with two attached hydrogens (primary N) is 1. The summed E-state index contributed by atoms with van der Waals surface area (Å²) in [6.45, 7) is -0.0124. The summed E-state index contributed by atoms with van der Waals surface area (Å²) >= 11 is 1.35. The number of primary amides is 1. The summed E-state index contributed by atoms with van der Waals surface area (Å²) in [7, 11) is 0. The van der Waals surface area contributed by atoms with Crippen LogP contribution in [0.1, 0.15) is 10.4 Å². The molecule has 24 heavy (non-hydrogen) atoms. The summed E-state index contributed by atoms with van der Waals surface area (Å²) in [6.07, 6.45) is 0. The second-order valence-electron chi connectivity index (χ2n) is 4.75. The molecule has 0 aromatic heterocycles. The number of hydrogen-bond acceptors (Lipinski definition) is 5. The Morgan fingerprint density at radius 2 is 1.75 bits per heavy atom. The molecule has 7 heteroatoms. The first kappa shape index (κ1) is 17.4. The van der Waals surface area contributed by atoms with Crippen molar-refractivity contribution in [1.29, 1.82) is 5.26 Å². The fourth-order valence-corrected chi connectivity index (χ4v) is 2.70. The maximum atomic E-state index is 12.1. The van der Waals surface area contributed by atoms with Crippen LogP contribution in [-0.2, 0) is 4.79 Å². The minimum Gasteiger partial charge on any atom is -0.376 e. The molecule has 0 heterocycles. The molecule has 2 aromatic carbocycles. The van der Waals surface area contributed by atoms with Gasteiger partial charge in [-0.2, -0.15) is 5.26 Å². The van der Waals surface area contributed by atoms with Crippen LogP contribution in [0.5, 0.6) is 0 Å². The first-order chi connectivity index (χ1) is 11.6. The number of carbonyl (C=O) groups excluding carboxylic acids is 2. The highest BCUT2D eigenvalue weighted by molar-refractivity contribution is 7.99. The average Bonchev–Trinajstić information content (AvgIpc) is 2.59. The molecule has 2 aromatic rings. The minimum atomic E-state index is -0.559. The van der Waals surface area contributed by atoms with E-state index in [2.05, 4.69) is 16.7 Å². The molecule has 0 spiro atoms. The number of nitrogens with zero attached hydrogens (tertiary/aromatic N) is 1. The number of rotatable bonds is 7. The molecule has 0 aliphatic carbocycles. The van der Waals surface area contributed by atoms with Gasteiger partial charge in [-0.1, -0.05) is 24.3 Å². The zero-order valence-electron chi connectivity index (χ0n) is 12.8. The summed E-state index contributed by atoms with van der Waals surface area (Å²) in [6, 6.07) is 16.1. The normalized spacial score (nSPS) is 9.79. The molecule has 0 bridgehead atoms. The molecule has 0 aliphatic heterocycles. The van der Waals surface area contributed by atoms with Crippen molar-refractivity contribution in [3.05, 3.63) is 54.1 Å². The highest BCUT2D eigenvalue weighted by Crippen LogP contribution is 2.26. The van der Waals surface area contributed by atoms with Crippen LogP contribution >= 0.6 is 11.8 Å². The number of anilines is 2. The molecular formula is C17H16N4O2S. The summed E-state index contributed by atoms with van der Waals surface area (Å²) in [4.78, 5) is 24.3. The fourth-order valence-electron chi connectivity index (χ4n) is 2.03. The fraction of sp³-hybridized carbons (Fsp3) is 0.118. The first-order valence-corrected chi connectivity index (χ1v) is 8.11. The Balaban J connectivity index is 2.00. The van der Waals surface area contributed by atoms with E-state index >= 15 is 0 Å². The lowest BCUT2D eigenvalue weighted by Crippen LogP contribution is -2.23. The van der Waals surface area contributed by atoms with Crippen molar-refractivity contribution in [2.24, 2.45) is 5.73 Å². The quantitative estimate of drug-likeness (QED) is 0.671. The van der Waals surface area contributed by atoms with E-state index in [1.807, 2.05) is 18.2 Å². The van der Waals surface area contributed by atoms with Gasteiger partial charge in [-0.25, -0.2) is 0 Å². The van der Waals surface area contributed by atoms with Crippen LogP contribution in [0.15, 0.2) is 53.4 Å². The third-order valence-electron chi connectivity index (χ3n) is 3.09. The van der Waals surface area contributed by atoms with Crippen molar-refractivity contribution in [2.75, 3.05) is 22.9 Å². The number of thioether (sulfide) groups is 1. The van der Waals surface area contributed by atoms with Crippen molar-refractivity contribution < 1.29 is 9.59 Å². The molecule has 122 valence electrons. The van der Waals surface area contributed by atoms with Gasteiger partial charge in [0.25, 0.3) is 5.91 Å². The van der Waals surface area contributed by atoms with E-state index < -0.39 is 5.91 Å². The van der Waals surface area contributed by atoms with Gasteiger partial charge in [0.1, 0.15) is 0 Å². The van der Waals surface area contributed by atoms with Crippen molar-refractivity contribution in [3.63, 3.8) is 0 Å². The predicted molar refractivity (Wildman–Crippen MR) is 94.9 cm³/mol. The largest absolute Gasteiger partial charge is 0.376 e. The van der Waals surface area contributed by atoms with Crippen LogP contribution in [0.4, 0.5) is 11.4 Å². The van der Waals surface area contributed by atoms with E-state index in [0.717, 1.165) is 4.90 Å². The van der Waals surface area contributed by atoms with E-state index in [0.29, 0.717) is 22.7 Å². The Hall–Kier alpha value is -2.98. The summed E-state index contributed by atoms with van der Waals surface area (Å²) in [5.41, 5.74) is 6.78. The topological polar surface area (TPSA) is 108 Å². The lowest BCUT2D eigenvalue weighted by molar-refractivity contribution is -0.114. The van der Waals surface area contributed by atoms with Crippen molar-refractivity contribution >= 4 is 35.0 Å². The van der Waals surface area contributed by atoms with E-state index in [9.17, 15) is 9.59 Å². The van der Waals surface area contributed by atoms with Gasteiger partial charge in [0.05, 0.1) is 29.6 Å². The Morgan fingerprint density at radius 3 is 2.46 bits per heavy atom. The third kappa shape index (κ3) is 4.76. The predicted octanol–water partition coefficient (Wildman–Crippen LogP) is 2.45. The van der Waals surface area contributed by atoms with Crippen LogP contribution in [0.25, 0.3) is 0 Å². The number of nitriles is 1. The maximum Gasteiger partial charge on any atom is 0.250 e. The molecule has 0 fully saturated rings. The van der Waals surface area contributed by atoms with Gasteiger partial charge in [-0.05, 0) is 24.3 Å². The Kier molecular flexibility index (Phi) is 6.23. The molecule has 0 unspecified atom stereocenters. The van der Waals surface area contributed by atoms with Gasteiger partial charge in [0.2, 0.25) is 5.91 Å². The number of carbonyl (C=O) groups is 2. The van der Waals surface area contributed by atoms with Gasteiger partial charge < -0.3 is 16.4 Å². The number of nitrogens with one attached hydrogen (secondary N) is 2. The van der Waals surface area contributed by atoms with Gasteiger partial charge in [0, 0.05) is 10.6 Å². The van der Waals surface area contributed by atoms with Gasteiger partial charge in [0.15, 0.2) is 0 Å². The maximum absolute atomic E-state index is 12.1. The lowest BCUT2D eigenvalue weighted by atomic mass is 10.1. The molecule has 6 nitrogen and oxygen atoms in total. The van der Waals surface area contributed by atoms with Crippen molar-refractivity contribution in [2.45, 2.75) is 4.90 Å². The summed E-state index contributed by atoms with van der Waals surface area (Å²) < 4.78 is 0. The first-order valence-electron chi connectivity index (χ1n) is 7.13. The number of benzene rings is 2. The lowest BCUT2D eigenvalue weighted by Gasteiger charge is -2.12. The summed E-state index contributed by atoms with van der Waals surface area (Å²) in [5.74, 6) is -0.520. The van der Waals surface area contributed by atoms with E-state index in [1.165, 1.54) is 11.8 Å². The van der Waals surface area contributed by atoms with Gasteiger partial charge in [-0.15, -0.1) is 11.8 Å². The van der Waals surface area contributed by atoms with Crippen LogP contribution in [0, 0.1) is 11.3 Å². The Bertz CT molecular complexity index is 786. The van der Waals surface area contributed by atoms with Gasteiger partial charge >= 0.3 is 0 Å².